The standard InChI is InChI=1S/C13H22BNO3/c1-8-7-10(16-9(8)2)11(15)14-17-12(3,4)13(5,6)18-14/h7,11H,15H2,1-6H3/t11-/m0/s1. The zero-order chi connectivity index (χ0) is 13.7. The van der Waals surface area contributed by atoms with E-state index in [0.29, 0.717) is 5.76 Å². The zero-order valence-corrected chi connectivity index (χ0v) is 12.0. The minimum absolute atomic E-state index is 0.369. The SMILES string of the molecule is Cc1cc([C@H](N)B2OC(C)(C)C(C)(C)O2)oc1C. The van der Waals surface area contributed by atoms with Crippen molar-refractivity contribution >= 4 is 7.12 Å². The maximum Gasteiger partial charge on any atom is 0.483 e. The van der Waals surface area contributed by atoms with Crippen LogP contribution in [0.5, 0.6) is 0 Å². The van der Waals surface area contributed by atoms with E-state index in [1.54, 1.807) is 0 Å². The summed E-state index contributed by atoms with van der Waals surface area (Å²) in [7, 11) is -0.472. The molecule has 2 heterocycles. The first-order valence-electron chi connectivity index (χ1n) is 6.32. The first kappa shape index (κ1) is 13.7. The van der Waals surface area contributed by atoms with Crippen molar-refractivity contribution in [3.05, 3.63) is 23.2 Å². The van der Waals surface area contributed by atoms with Crippen LogP contribution >= 0.6 is 0 Å². The van der Waals surface area contributed by atoms with Gasteiger partial charge in [-0.15, -0.1) is 0 Å². The van der Waals surface area contributed by atoms with Gasteiger partial charge in [0, 0.05) is 0 Å². The van der Waals surface area contributed by atoms with Crippen LogP contribution in [0.3, 0.4) is 0 Å². The van der Waals surface area contributed by atoms with Gasteiger partial charge in [-0.05, 0) is 53.2 Å². The van der Waals surface area contributed by atoms with Crippen molar-refractivity contribution in [1.29, 1.82) is 0 Å². The molecular formula is C13H22BNO3. The molecule has 0 spiro atoms. The first-order valence-corrected chi connectivity index (χ1v) is 6.32. The lowest BCUT2D eigenvalue weighted by atomic mass is 9.77. The molecular weight excluding hydrogens is 229 g/mol. The van der Waals surface area contributed by atoms with E-state index >= 15 is 0 Å². The summed E-state index contributed by atoms with van der Waals surface area (Å²) in [6.45, 7) is 12.0. The summed E-state index contributed by atoms with van der Waals surface area (Å²) < 4.78 is 17.5. The predicted octanol–water partition coefficient (Wildman–Crippen LogP) is 2.53. The molecule has 1 fully saturated rings. The fourth-order valence-corrected chi connectivity index (χ4v) is 1.94. The summed E-state index contributed by atoms with van der Waals surface area (Å²) in [6, 6.07) is 1.95. The molecule has 0 saturated carbocycles. The van der Waals surface area contributed by atoms with Gasteiger partial charge in [0.25, 0.3) is 0 Å². The third-order valence-corrected chi connectivity index (χ3v) is 4.08. The smallest absolute Gasteiger partial charge is 0.465 e. The molecule has 0 amide bonds. The highest BCUT2D eigenvalue weighted by atomic mass is 16.7. The van der Waals surface area contributed by atoms with Crippen molar-refractivity contribution in [2.75, 3.05) is 0 Å². The molecule has 2 N–H and O–H groups in total. The predicted molar refractivity (Wildman–Crippen MR) is 71.2 cm³/mol. The topological polar surface area (TPSA) is 57.6 Å². The van der Waals surface area contributed by atoms with Gasteiger partial charge in [0.1, 0.15) is 11.5 Å². The van der Waals surface area contributed by atoms with Gasteiger partial charge in [0.2, 0.25) is 0 Å². The summed E-state index contributed by atoms with van der Waals surface area (Å²) in [6.07, 6.45) is 0. The third-order valence-electron chi connectivity index (χ3n) is 4.08. The van der Waals surface area contributed by atoms with Crippen LogP contribution in [0.25, 0.3) is 0 Å². The molecule has 1 atom stereocenters. The van der Waals surface area contributed by atoms with Crippen LogP contribution in [0.4, 0.5) is 0 Å². The first-order chi connectivity index (χ1) is 8.14. The van der Waals surface area contributed by atoms with Crippen molar-refractivity contribution in [2.24, 2.45) is 5.73 Å². The van der Waals surface area contributed by atoms with Crippen LogP contribution in [0.1, 0.15) is 50.7 Å². The van der Waals surface area contributed by atoms with Crippen LogP contribution < -0.4 is 5.73 Å². The largest absolute Gasteiger partial charge is 0.483 e. The second-order valence-electron chi connectivity index (χ2n) is 6.04. The Morgan fingerprint density at radius 3 is 2.00 bits per heavy atom. The van der Waals surface area contributed by atoms with Crippen molar-refractivity contribution in [2.45, 2.75) is 58.7 Å². The van der Waals surface area contributed by atoms with Crippen molar-refractivity contribution in [1.82, 2.24) is 0 Å². The molecule has 1 aliphatic heterocycles. The molecule has 0 aliphatic carbocycles. The fraction of sp³-hybridized carbons (Fsp3) is 0.692. The number of hydrogen-bond acceptors (Lipinski definition) is 4. The molecule has 0 radical (unpaired) electrons. The molecule has 1 aromatic heterocycles. The Kier molecular flexibility index (Phi) is 3.12. The molecule has 5 heteroatoms. The number of aryl methyl sites for hydroxylation is 2. The Morgan fingerprint density at radius 2 is 1.61 bits per heavy atom. The maximum atomic E-state index is 6.18. The van der Waals surface area contributed by atoms with Gasteiger partial charge in [-0.2, -0.15) is 0 Å². The molecule has 0 unspecified atom stereocenters. The monoisotopic (exact) mass is 251 g/mol. The summed E-state index contributed by atoms with van der Waals surface area (Å²) in [5.41, 5.74) is 6.54. The molecule has 0 bridgehead atoms. The van der Waals surface area contributed by atoms with E-state index in [1.807, 2.05) is 47.6 Å². The van der Waals surface area contributed by atoms with E-state index in [0.717, 1.165) is 11.3 Å². The third kappa shape index (κ3) is 2.11. The van der Waals surface area contributed by atoms with E-state index in [2.05, 4.69) is 0 Å². The van der Waals surface area contributed by atoms with Crippen LogP contribution in [0.2, 0.25) is 0 Å². The van der Waals surface area contributed by atoms with Crippen molar-refractivity contribution < 1.29 is 13.7 Å². The molecule has 0 aromatic carbocycles. The van der Waals surface area contributed by atoms with Gasteiger partial charge in [0.05, 0.1) is 17.1 Å². The summed E-state index contributed by atoms with van der Waals surface area (Å²) in [4.78, 5) is 0. The second kappa shape index (κ2) is 4.12. The highest BCUT2D eigenvalue weighted by molar-refractivity contribution is 6.47. The van der Waals surface area contributed by atoms with E-state index in [9.17, 15) is 0 Å². The lowest BCUT2D eigenvalue weighted by molar-refractivity contribution is 0.00578. The number of nitrogens with two attached hydrogens (primary N) is 1. The maximum absolute atomic E-state index is 6.18. The van der Waals surface area contributed by atoms with Crippen LogP contribution in [0, 0.1) is 13.8 Å². The van der Waals surface area contributed by atoms with Gasteiger partial charge >= 0.3 is 7.12 Å². The van der Waals surface area contributed by atoms with Gasteiger partial charge in [0.15, 0.2) is 0 Å². The number of furan rings is 1. The van der Waals surface area contributed by atoms with Crippen molar-refractivity contribution in [3.8, 4) is 0 Å². The van der Waals surface area contributed by atoms with Gasteiger partial charge in [-0.1, -0.05) is 0 Å². The molecule has 18 heavy (non-hydrogen) atoms. The lowest BCUT2D eigenvalue weighted by Gasteiger charge is -2.32. The van der Waals surface area contributed by atoms with E-state index in [4.69, 9.17) is 19.5 Å². The molecule has 1 aliphatic rings. The van der Waals surface area contributed by atoms with E-state index in [-0.39, 0.29) is 11.2 Å². The normalized spacial score (nSPS) is 23.4. The highest BCUT2D eigenvalue weighted by Gasteiger charge is 2.54. The lowest BCUT2D eigenvalue weighted by Crippen LogP contribution is -2.41. The van der Waals surface area contributed by atoms with Gasteiger partial charge < -0.3 is 19.5 Å². The summed E-state index contributed by atoms with van der Waals surface area (Å²) in [5, 5.41) is 0. The molecule has 100 valence electrons. The zero-order valence-electron chi connectivity index (χ0n) is 12.0. The molecule has 1 aromatic rings. The van der Waals surface area contributed by atoms with Crippen molar-refractivity contribution in [3.63, 3.8) is 0 Å². The highest BCUT2D eigenvalue weighted by Crippen LogP contribution is 2.39. The Hall–Kier alpha value is -0.775. The molecule has 1 saturated heterocycles. The minimum atomic E-state index is -0.472. The summed E-state index contributed by atoms with van der Waals surface area (Å²) >= 11 is 0. The van der Waals surface area contributed by atoms with Crippen LogP contribution in [-0.2, 0) is 9.31 Å². The van der Waals surface area contributed by atoms with Gasteiger partial charge in [-0.3, -0.25) is 0 Å². The van der Waals surface area contributed by atoms with Gasteiger partial charge in [-0.25, -0.2) is 0 Å². The number of hydrogen-bond donors (Lipinski definition) is 1. The Balaban J connectivity index is 2.19. The average Bonchev–Trinajstić information content (AvgIpc) is 2.65. The van der Waals surface area contributed by atoms with E-state index in [1.165, 1.54) is 0 Å². The Morgan fingerprint density at radius 1 is 1.11 bits per heavy atom. The Labute approximate surface area is 109 Å². The van der Waals surface area contributed by atoms with Crippen LogP contribution in [0.15, 0.2) is 10.5 Å². The fourth-order valence-electron chi connectivity index (χ4n) is 1.94. The summed E-state index contributed by atoms with van der Waals surface area (Å²) in [5.74, 6) is 1.19. The number of rotatable bonds is 2. The van der Waals surface area contributed by atoms with Crippen LogP contribution in [-0.4, -0.2) is 18.3 Å². The quantitative estimate of drug-likeness (QED) is 0.820. The second-order valence-corrected chi connectivity index (χ2v) is 6.04. The molecule has 4 nitrogen and oxygen atoms in total. The Bertz CT molecular complexity index is 418. The molecule has 2 rings (SSSR count). The minimum Gasteiger partial charge on any atom is -0.465 e. The average molecular weight is 251 g/mol. The van der Waals surface area contributed by atoms with E-state index < -0.39 is 13.1 Å².